The highest BCUT2D eigenvalue weighted by Gasteiger charge is 2.24. The second kappa shape index (κ2) is 9.49. The molecule has 1 fully saturated rings. The fourth-order valence-corrected chi connectivity index (χ4v) is 4.51. The van der Waals surface area contributed by atoms with E-state index >= 15 is 0 Å². The number of nitrogens with one attached hydrogen (secondary N) is 1. The second-order valence-corrected chi connectivity index (χ2v) is 9.37. The van der Waals surface area contributed by atoms with Crippen LogP contribution in [0.2, 0.25) is 0 Å². The number of hydrogen-bond donors (Lipinski definition) is 1. The maximum Gasteiger partial charge on any atom is 0.257 e. The number of nitrogens with zero attached hydrogens (tertiary/aromatic N) is 2. The van der Waals surface area contributed by atoms with Gasteiger partial charge in [-0.05, 0) is 55.2 Å². The smallest absolute Gasteiger partial charge is 0.257 e. The van der Waals surface area contributed by atoms with Gasteiger partial charge in [0.1, 0.15) is 5.75 Å². The SMILES string of the molecule is COc1ccc(S(=O)(=O)NCc2ccc(N(C)C)cc2)cc1C(=O)N1CCCCC1. The van der Waals surface area contributed by atoms with Gasteiger partial charge in [-0.15, -0.1) is 0 Å². The van der Waals surface area contributed by atoms with Crippen LogP contribution in [0.25, 0.3) is 0 Å². The molecule has 1 N–H and O–H groups in total. The Hall–Kier alpha value is -2.58. The first-order chi connectivity index (χ1) is 14.3. The van der Waals surface area contributed by atoms with Crippen molar-refractivity contribution >= 4 is 21.6 Å². The lowest BCUT2D eigenvalue weighted by atomic mass is 10.1. The Balaban J connectivity index is 1.78. The van der Waals surface area contributed by atoms with Crippen LogP contribution < -0.4 is 14.4 Å². The summed E-state index contributed by atoms with van der Waals surface area (Å²) >= 11 is 0. The lowest BCUT2D eigenvalue weighted by Crippen LogP contribution is -2.36. The van der Waals surface area contributed by atoms with Gasteiger partial charge in [0.15, 0.2) is 0 Å². The molecular weight excluding hydrogens is 402 g/mol. The molecule has 0 aromatic heterocycles. The molecule has 30 heavy (non-hydrogen) atoms. The van der Waals surface area contributed by atoms with Crippen molar-refractivity contribution in [2.75, 3.05) is 39.2 Å². The number of carbonyl (C=O) groups excluding carboxylic acids is 1. The fraction of sp³-hybridized carbons (Fsp3) is 0.409. The number of anilines is 1. The molecule has 0 saturated carbocycles. The van der Waals surface area contributed by atoms with Crippen LogP contribution >= 0.6 is 0 Å². The first-order valence-corrected chi connectivity index (χ1v) is 11.5. The molecule has 2 aromatic carbocycles. The summed E-state index contributed by atoms with van der Waals surface area (Å²) in [5.41, 5.74) is 2.16. The van der Waals surface area contributed by atoms with Crippen LogP contribution in [0.4, 0.5) is 5.69 Å². The molecule has 0 unspecified atom stereocenters. The van der Waals surface area contributed by atoms with Gasteiger partial charge in [-0.25, -0.2) is 13.1 Å². The summed E-state index contributed by atoms with van der Waals surface area (Å²) in [6, 6.07) is 12.1. The van der Waals surface area contributed by atoms with Gasteiger partial charge in [0.05, 0.1) is 17.6 Å². The van der Waals surface area contributed by atoms with Crippen LogP contribution in [-0.4, -0.2) is 53.5 Å². The van der Waals surface area contributed by atoms with Gasteiger partial charge in [-0.2, -0.15) is 0 Å². The zero-order valence-corrected chi connectivity index (χ0v) is 18.5. The highest BCUT2D eigenvalue weighted by molar-refractivity contribution is 7.89. The van der Waals surface area contributed by atoms with E-state index < -0.39 is 10.0 Å². The van der Waals surface area contributed by atoms with Gasteiger partial charge < -0.3 is 14.5 Å². The summed E-state index contributed by atoms with van der Waals surface area (Å²) in [6.07, 6.45) is 3.02. The van der Waals surface area contributed by atoms with Crippen molar-refractivity contribution in [1.29, 1.82) is 0 Å². The van der Waals surface area contributed by atoms with Gasteiger partial charge in [0.2, 0.25) is 10.0 Å². The zero-order valence-electron chi connectivity index (χ0n) is 17.7. The average molecular weight is 432 g/mol. The number of ether oxygens (including phenoxy) is 1. The van der Waals surface area contributed by atoms with Crippen molar-refractivity contribution in [1.82, 2.24) is 9.62 Å². The summed E-state index contributed by atoms with van der Waals surface area (Å²) in [5, 5.41) is 0. The predicted octanol–water partition coefficient (Wildman–Crippen LogP) is 2.87. The van der Waals surface area contributed by atoms with Crippen LogP contribution in [0.5, 0.6) is 5.75 Å². The largest absolute Gasteiger partial charge is 0.496 e. The van der Waals surface area contributed by atoms with E-state index in [1.165, 1.54) is 25.3 Å². The van der Waals surface area contributed by atoms with E-state index in [2.05, 4.69) is 4.72 Å². The maximum absolute atomic E-state index is 13.0. The number of sulfonamides is 1. The average Bonchev–Trinajstić information content (AvgIpc) is 2.77. The Labute approximate surface area is 178 Å². The van der Waals surface area contributed by atoms with Gasteiger partial charge in [0.25, 0.3) is 5.91 Å². The molecule has 1 heterocycles. The van der Waals surface area contributed by atoms with Crippen LogP contribution in [0.1, 0.15) is 35.2 Å². The van der Waals surface area contributed by atoms with Crippen molar-refractivity contribution in [2.24, 2.45) is 0 Å². The molecule has 162 valence electrons. The van der Waals surface area contributed by atoms with Crippen LogP contribution in [0.15, 0.2) is 47.4 Å². The van der Waals surface area contributed by atoms with Gasteiger partial charge >= 0.3 is 0 Å². The normalized spacial score (nSPS) is 14.4. The lowest BCUT2D eigenvalue weighted by Gasteiger charge is -2.27. The van der Waals surface area contributed by atoms with E-state index in [1.54, 1.807) is 4.90 Å². The number of methoxy groups -OCH3 is 1. The van der Waals surface area contributed by atoms with Gasteiger partial charge in [-0.3, -0.25) is 4.79 Å². The molecule has 8 heteroatoms. The lowest BCUT2D eigenvalue weighted by molar-refractivity contribution is 0.0720. The number of likely N-dealkylation sites (tertiary alicyclic amines) is 1. The van der Waals surface area contributed by atoms with Crippen molar-refractivity contribution in [2.45, 2.75) is 30.7 Å². The topological polar surface area (TPSA) is 79.0 Å². The third-order valence-corrected chi connectivity index (χ3v) is 6.67. The Kier molecular flexibility index (Phi) is 6.99. The van der Waals surface area contributed by atoms with E-state index in [9.17, 15) is 13.2 Å². The van der Waals surface area contributed by atoms with Crippen molar-refractivity contribution < 1.29 is 17.9 Å². The van der Waals surface area contributed by atoms with E-state index in [0.29, 0.717) is 18.8 Å². The van der Waals surface area contributed by atoms with Crippen molar-refractivity contribution in [3.8, 4) is 5.75 Å². The first kappa shape index (κ1) is 22.1. The predicted molar refractivity (Wildman–Crippen MR) is 118 cm³/mol. The number of amides is 1. The second-order valence-electron chi connectivity index (χ2n) is 7.60. The van der Waals surface area contributed by atoms with Crippen LogP contribution in [-0.2, 0) is 16.6 Å². The maximum atomic E-state index is 13.0. The molecule has 0 aliphatic carbocycles. The molecule has 0 bridgehead atoms. The molecule has 0 atom stereocenters. The third-order valence-electron chi connectivity index (χ3n) is 5.27. The zero-order chi connectivity index (χ0) is 21.7. The number of benzene rings is 2. The molecular formula is C22H29N3O4S. The molecule has 0 spiro atoms. The van der Waals surface area contributed by atoms with Crippen molar-refractivity contribution in [3.63, 3.8) is 0 Å². The van der Waals surface area contributed by atoms with E-state index in [1.807, 2.05) is 43.3 Å². The van der Waals surface area contributed by atoms with Gasteiger partial charge in [-0.1, -0.05) is 12.1 Å². The summed E-state index contributed by atoms with van der Waals surface area (Å²) in [7, 11) is 1.59. The minimum Gasteiger partial charge on any atom is -0.496 e. The number of carbonyl (C=O) groups is 1. The molecule has 0 radical (unpaired) electrons. The first-order valence-electron chi connectivity index (χ1n) is 10.0. The Morgan fingerprint density at radius 3 is 2.33 bits per heavy atom. The minimum absolute atomic E-state index is 0.0496. The number of piperidine rings is 1. The number of hydrogen-bond acceptors (Lipinski definition) is 5. The quantitative estimate of drug-likeness (QED) is 0.729. The summed E-state index contributed by atoms with van der Waals surface area (Å²) in [5.74, 6) is 0.187. The standard InChI is InChI=1S/C22H29N3O4S/c1-24(2)18-9-7-17(8-10-18)16-23-30(27,28)19-11-12-21(29-3)20(15-19)22(26)25-13-5-4-6-14-25/h7-12,15,23H,4-6,13-14,16H2,1-3H3. The highest BCUT2D eigenvalue weighted by atomic mass is 32.2. The third kappa shape index (κ3) is 5.12. The number of rotatable bonds is 7. The van der Waals surface area contributed by atoms with E-state index in [4.69, 9.17) is 4.74 Å². The molecule has 1 saturated heterocycles. The Morgan fingerprint density at radius 1 is 1.07 bits per heavy atom. The van der Waals surface area contributed by atoms with Crippen LogP contribution in [0, 0.1) is 0 Å². The summed E-state index contributed by atoms with van der Waals surface area (Å²) < 4.78 is 33.6. The van der Waals surface area contributed by atoms with Gasteiger partial charge in [0, 0.05) is 39.4 Å². The van der Waals surface area contributed by atoms with E-state index in [0.717, 1.165) is 30.5 Å². The Bertz CT molecular complexity index is 982. The highest BCUT2D eigenvalue weighted by Crippen LogP contribution is 2.25. The molecule has 3 rings (SSSR count). The molecule has 7 nitrogen and oxygen atoms in total. The molecule has 2 aromatic rings. The van der Waals surface area contributed by atoms with Crippen LogP contribution in [0.3, 0.4) is 0 Å². The molecule has 1 amide bonds. The minimum atomic E-state index is -3.78. The molecule has 1 aliphatic rings. The summed E-state index contributed by atoms with van der Waals surface area (Å²) in [6.45, 7) is 1.53. The summed E-state index contributed by atoms with van der Waals surface area (Å²) in [4.78, 5) is 16.7. The van der Waals surface area contributed by atoms with E-state index in [-0.39, 0.29) is 22.9 Å². The molecule has 1 aliphatic heterocycles. The Morgan fingerprint density at radius 2 is 1.73 bits per heavy atom. The monoisotopic (exact) mass is 431 g/mol. The van der Waals surface area contributed by atoms with Crippen molar-refractivity contribution in [3.05, 3.63) is 53.6 Å². The fourth-order valence-electron chi connectivity index (χ4n) is 3.46.